The maximum absolute atomic E-state index is 8.89. The number of ether oxygens (including phenoxy) is 3. The molecule has 0 amide bonds. The second kappa shape index (κ2) is 3.87. The van der Waals surface area contributed by atoms with Gasteiger partial charge >= 0.3 is 0 Å². The van der Waals surface area contributed by atoms with Gasteiger partial charge in [0.1, 0.15) is 24.3 Å². The fraction of sp³-hybridized carbons (Fsp3) is 0.300. The molecule has 0 fully saturated rings. The average molecular weight is 226 g/mol. The van der Waals surface area contributed by atoms with Crippen LogP contribution < -0.4 is 14.2 Å². The molecule has 0 N–H and O–H groups in total. The molecule has 5 heteroatoms. The molecule has 2 rings (SSSR count). The van der Waals surface area contributed by atoms with Crippen LogP contribution in [0.3, 0.4) is 0 Å². The first kappa shape index (κ1) is 9.94. The predicted molar refractivity (Wildman–Crippen MR) is 53.7 cm³/mol. The molecule has 0 saturated carbocycles. The normalized spacial score (nSPS) is 13.1. The zero-order valence-electron chi connectivity index (χ0n) is 8.04. The molecule has 0 bridgehead atoms. The van der Waals surface area contributed by atoms with Crippen LogP contribution in [0.15, 0.2) is 6.07 Å². The standard InChI is InChI=1S/C10H8ClNO3/c1-13-9-6(5-12)4-7-10(8(9)11)15-3-2-14-7/h4H,2-3H2,1H3. The summed E-state index contributed by atoms with van der Waals surface area (Å²) in [6.07, 6.45) is 0. The van der Waals surface area contributed by atoms with Crippen LogP contribution in [0.25, 0.3) is 0 Å². The van der Waals surface area contributed by atoms with Crippen molar-refractivity contribution in [2.75, 3.05) is 20.3 Å². The zero-order chi connectivity index (χ0) is 10.8. The molecule has 0 spiro atoms. The molecular formula is C10H8ClNO3. The Morgan fingerprint density at radius 3 is 2.87 bits per heavy atom. The summed E-state index contributed by atoms with van der Waals surface area (Å²) >= 11 is 6.03. The number of rotatable bonds is 1. The van der Waals surface area contributed by atoms with Crippen molar-refractivity contribution in [2.24, 2.45) is 0 Å². The van der Waals surface area contributed by atoms with Crippen molar-refractivity contribution in [1.82, 2.24) is 0 Å². The molecule has 1 heterocycles. The number of fused-ring (bicyclic) bond motifs is 1. The fourth-order valence-corrected chi connectivity index (χ4v) is 1.74. The minimum atomic E-state index is 0.284. The molecule has 78 valence electrons. The van der Waals surface area contributed by atoms with Crippen molar-refractivity contribution in [3.05, 3.63) is 16.7 Å². The molecule has 0 radical (unpaired) electrons. The van der Waals surface area contributed by atoms with Gasteiger partial charge in [-0.05, 0) is 0 Å². The van der Waals surface area contributed by atoms with Crippen LogP contribution in [-0.4, -0.2) is 20.3 Å². The molecule has 0 aromatic heterocycles. The first-order chi connectivity index (χ1) is 7.27. The maximum Gasteiger partial charge on any atom is 0.183 e. The fourth-order valence-electron chi connectivity index (χ4n) is 1.41. The van der Waals surface area contributed by atoms with Gasteiger partial charge in [-0.15, -0.1) is 0 Å². The summed E-state index contributed by atoms with van der Waals surface area (Å²) in [6.45, 7) is 0.905. The number of halogens is 1. The lowest BCUT2D eigenvalue weighted by atomic mass is 10.2. The molecule has 1 aliphatic heterocycles. The van der Waals surface area contributed by atoms with E-state index in [-0.39, 0.29) is 5.02 Å². The Balaban J connectivity index is 2.63. The topological polar surface area (TPSA) is 51.5 Å². The van der Waals surface area contributed by atoms with E-state index in [0.29, 0.717) is 36.0 Å². The quantitative estimate of drug-likeness (QED) is 0.734. The Kier molecular flexibility index (Phi) is 2.57. The highest BCUT2D eigenvalue weighted by Gasteiger charge is 2.22. The van der Waals surface area contributed by atoms with Crippen LogP contribution in [0.5, 0.6) is 17.2 Å². The first-order valence-electron chi connectivity index (χ1n) is 4.34. The Hall–Kier alpha value is -1.60. The Labute approximate surface area is 91.9 Å². The zero-order valence-corrected chi connectivity index (χ0v) is 8.80. The molecule has 0 atom stereocenters. The van der Waals surface area contributed by atoms with E-state index in [1.54, 1.807) is 6.07 Å². The smallest absolute Gasteiger partial charge is 0.183 e. The molecule has 4 nitrogen and oxygen atoms in total. The number of methoxy groups -OCH3 is 1. The van der Waals surface area contributed by atoms with Crippen molar-refractivity contribution >= 4 is 11.6 Å². The summed E-state index contributed by atoms with van der Waals surface area (Å²) < 4.78 is 15.7. The van der Waals surface area contributed by atoms with Gasteiger partial charge in [0.25, 0.3) is 0 Å². The lowest BCUT2D eigenvalue weighted by Gasteiger charge is -2.20. The van der Waals surface area contributed by atoms with Gasteiger partial charge < -0.3 is 14.2 Å². The van der Waals surface area contributed by atoms with E-state index >= 15 is 0 Å². The van der Waals surface area contributed by atoms with Crippen LogP contribution in [0.4, 0.5) is 0 Å². The first-order valence-corrected chi connectivity index (χ1v) is 4.72. The van der Waals surface area contributed by atoms with E-state index in [1.165, 1.54) is 7.11 Å². The third kappa shape index (κ3) is 1.55. The highest BCUT2D eigenvalue weighted by atomic mass is 35.5. The second-order valence-corrected chi connectivity index (χ2v) is 3.29. The van der Waals surface area contributed by atoms with E-state index in [0.717, 1.165) is 0 Å². The highest BCUT2D eigenvalue weighted by Crippen LogP contribution is 2.45. The molecule has 0 unspecified atom stereocenters. The summed E-state index contributed by atoms with van der Waals surface area (Å²) in [4.78, 5) is 0. The SMILES string of the molecule is COc1c(C#N)cc2c(c1Cl)OCCO2. The Morgan fingerprint density at radius 2 is 2.20 bits per heavy atom. The summed E-state index contributed by atoms with van der Waals surface area (Å²) in [7, 11) is 1.46. The van der Waals surface area contributed by atoms with Gasteiger partial charge in [-0.1, -0.05) is 11.6 Å². The third-order valence-corrected chi connectivity index (χ3v) is 2.40. The predicted octanol–water partition coefficient (Wildman–Crippen LogP) is 1.99. The number of benzene rings is 1. The van der Waals surface area contributed by atoms with Crippen LogP contribution in [-0.2, 0) is 0 Å². The monoisotopic (exact) mass is 225 g/mol. The van der Waals surface area contributed by atoms with Gasteiger partial charge in [0, 0.05) is 6.07 Å². The summed E-state index contributed by atoms with van der Waals surface area (Å²) in [5, 5.41) is 9.17. The Morgan fingerprint density at radius 1 is 1.47 bits per heavy atom. The minimum absolute atomic E-state index is 0.284. The molecule has 15 heavy (non-hydrogen) atoms. The molecule has 0 aliphatic carbocycles. The summed E-state index contributed by atoms with van der Waals surface area (Å²) in [6, 6.07) is 3.56. The van der Waals surface area contributed by atoms with Crippen molar-refractivity contribution in [2.45, 2.75) is 0 Å². The number of hydrogen-bond donors (Lipinski definition) is 0. The number of hydrogen-bond acceptors (Lipinski definition) is 4. The van der Waals surface area contributed by atoms with Crippen LogP contribution in [0.1, 0.15) is 5.56 Å². The highest BCUT2D eigenvalue weighted by molar-refractivity contribution is 6.34. The van der Waals surface area contributed by atoms with E-state index in [1.807, 2.05) is 6.07 Å². The van der Waals surface area contributed by atoms with E-state index in [4.69, 9.17) is 31.1 Å². The Bertz CT molecular complexity index is 439. The van der Waals surface area contributed by atoms with E-state index in [2.05, 4.69) is 0 Å². The van der Waals surface area contributed by atoms with Gasteiger partial charge in [-0.25, -0.2) is 0 Å². The van der Waals surface area contributed by atoms with Crippen molar-refractivity contribution in [1.29, 1.82) is 5.26 Å². The van der Waals surface area contributed by atoms with Gasteiger partial charge in [0.2, 0.25) is 0 Å². The maximum atomic E-state index is 8.89. The molecular weight excluding hydrogens is 218 g/mol. The van der Waals surface area contributed by atoms with Gasteiger partial charge in [0.05, 0.1) is 12.7 Å². The largest absolute Gasteiger partial charge is 0.494 e. The molecule has 1 aromatic carbocycles. The second-order valence-electron chi connectivity index (χ2n) is 2.91. The van der Waals surface area contributed by atoms with E-state index in [9.17, 15) is 0 Å². The lowest BCUT2D eigenvalue weighted by Crippen LogP contribution is -2.16. The van der Waals surface area contributed by atoms with Gasteiger partial charge in [0.15, 0.2) is 17.2 Å². The molecule has 1 aromatic rings. The van der Waals surface area contributed by atoms with Gasteiger partial charge in [-0.2, -0.15) is 5.26 Å². The third-order valence-electron chi connectivity index (χ3n) is 2.05. The van der Waals surface area contributed by atoms with Crippen LogP contribution >= 0.6 is 11.6 Å². The van der Waals surface area contributed by atoms with Crippen LogP contribution in [0, 0.1) is 11.3 Å². The van der Waals surface area contributed by atoms with Crippen LogP contribution in [0.2, 0.25) is 5.02 Å². The van der Waals surface area contributed by atoms with E-state index < -0.39 is 0 Å². The lowest BCUT2D eigenvalue weighted by molar-refractivity contribution is 0.171. The summed E-state index contributed by atoms with van der Waals surface area (Å²) in [5.41, 5.74) is 0.340. The van der Waals surface area contributed by atoms with Crippen molar-refractivity contribution in [3.63, 3.8) is 0 Å². The van der Waals surface area contributed by atoms with Gasteiger partial charge in [-0.3, -0.25) is 0 Å². The number of nitriles is 1. The molecule has 0 saturated heterocycles. The molecule has 1 aliphatic rings. The van der Waals surface area contributed by atoms with Crippen molar-refractivity contribution < 1.29 is 14.2 Å². The number of nitrogens with zero attached hydrogens (tertiary/aromatic N) is 1. The minimum Gasteiger partial charge on any atom is -0.494 e. The summed E-state index contributed by atoms with van der Waals surface area (Å²) in [5.74, 6) is 1.26. The average Bonchev–Trinajstić information content (AvgIpc) is 2.29. The van der Waals surface area contributed by atoms with Crippen molar-refractivity contribution in [3.8, 4) is 23.3 Å².